The van der Waals surface area contributed by atoms with E-state index >= 15 is 0 Å². The predicted molar refractivity (Wildman–Crippen MR) is 98.5 cm³/mol. The van der Waals surface area contributed by atoms with Gasteiger partial charge in [-0.3, -0.25) is 4.79 Å². The molecule has 0 spiro atoms. The number of nitrogens with zero attached hydrogens (tertiary/aromatic N) is 1. The third-order valence-electron chi connectivity index (χ3n) is 5.04. The largest absolute Gasteiger partial charge is 0.497 e. The molecule has 0 radical (unpaired) electrons. The van der Waals surface area contributed by atoms with E-state index in [0.29, 0.717) is 5.92 Å². The van der Waals surface area contributed by atoms with Crippen molar-refractivity contribution in [1.29, 1.82) is 0 Å². The fourth-order valence-electron chi connectivity index (χ4n) is 3.76. The molecule has 2 rings (SSSR count). The molecule has 4 heteroatoms. The van der Waals surface area contributed by atoms with Crippen LogP contribution in [0.25, 0.3) is 0 Å². The van der Waals surface area contributed by atoms with Crippen LogP contribution < -0.4 is 10.1 Å². The van der Waals surface area contributed by atoms with Gasteiger partial charge in [-0.2, -0.15) is 0 Å². The highest BCUT2D eigenvalue weighted by atomic mass is 16.5. The number of nitrogens with one attached hydrogen (secondary N) is 1. The first kappa shape index (κ1) is 18.8. The van der Waals surface area contributed by atoms with Gasteiger partial charge in [0.1, 0.15) is 5.75 Å². The molecule has 1 N–H and O–H groups in total. The summed E-state index contributed by atoms with van der Waals surface area (Å²) in [6, 6.07) is 8.42. The van der Waals surface area contributed by atoms with E-state index in [0.717, 1.165) is 25.1 Å². The number of ether oxygens (including phenoxy) is 1. The van der Waals surface area contributed by atoms with Gasteiger partial charge in [-0.15, -0.1) is 0 Å². The molecule has 1 amide bonds. The molecule has 1 aromatic rings. The Bertz CT molecular complexity index is 512. The highest BCUT2D eigenvalue weighted by Crippen LogP contribution is 2.28. The van der Waals surface area contributed by atoms with E-state index in [1.54, 1.807) is 14.0 Å². The third-order valence-corrected chi connectivity index (χ3v) is 5.04. The van der Waals surface area contributed by atoms with Crippen LogP contribution in [0, 0.1) is 0 Å². The van der Waals surface area contributed by atoms with E-state index < -0.39 is 0 Å². The van der Waals surface area contributed by atoms with Crippen molar-refractivity contribution in [3.8, 4) is 5.75 Å². The van der Waals surface area contributed by atoms with Crippen molar-refractivity contribution in [3.05, 3.63) is 29.8 Å². The Morgan fingerprint density at radius 1 is 1.29 bits per heavy atom. The Morgan fingerprint density at radius 3 is 2.67 bits per heavy atom. The van der Waals surface area contributed by atoms with Crippen LogP contribution >= 0.6 is 0 Å². The van der Waals surface area contributed by atoms with Crippen molar-refractivity contribution >= 4 is 5.91 Å². The number of piperidine rings is 1. The Labute approximate surface area is 146 Å². The van der Waals surface area contributed by atoms with Gasteiger partial charge >= 0.3 is 0 Å². The number of benzene rings is 1. The minimum absolute atomic E-state index is 0.0555. The minimum atomic E-state index is 0.0555. The molecule has 1 aliphatic heterocycles. The molecule has 1 heterocycles. The van der Waals surface area contributed by atoms with Crippen LogP contribution in [-0.2, 0) is 4.79 Å². The van der Waals surface area contributed by atoms with Crippen molar-refractivity contribution in [2.45, 2.75) is 57.9 Å². The summed E-state index contributed by atoms with van der Waals surface area (Å²) in [5.74, 6) is 1.25. The molecule has 1 fully saturated rings. The number of rotatable bonds is 8. The van der Waals surface area contributed by atoms with Crippen molar-refractivity contribution < 1.29 is 9.53 Å². The second kappa shape index (κ2) is 9.67. The van der Waals surface area contributed by atoms with Gasteiger partial charge in [-0.25, -0.2) is 0 Å². The molecule has 2 atom stereocenters. The lowest BCUT2D eigenvalue weighted by Crippen LogP contribution is -2.41. The van der Waals surface area contributed by atoms with Gasteiger partial charge in [-0.1, -0.05) is 25.5 Å². The summed E-state index contributed by atoms with van der Waals surface area (Å²) in [4.78, 5) is 14.3. The summed E-state index contributed by atoms with van der Waals surface area (Å²) in [5, 5.41) is 3.20. The van der Waals surface area contributed by atoms with Gasteiger partial charge in [0.25, 0.3) is 0 Å². The molecule has 0 bridgehead atoms. The average Bonchev–Trinajstić information content (AvgIpc) is 2.61. The molecule has 1 saturated heterocycles. The van der Waals surface area contributed by atoms with Gasteiger partial charge in [-0.05, 0) is 56.5 Å². The molecule has 0 aromatic heterocycles. The maximum atomic E-state index is 11.7. The van der Waals surface area contributed by atoms with Gasteiger partial charge in [0.05, 0.1) is 7.11 Å². The molecule has 0 aliphatic carbocycles. The Hall–Kier alpha value is -1.55. The summed E-state index contributed by atoms with van der Waals surface area (Å²) in [7, 11) is 1.70. The standard InChI is InChI=1S/C20H32N2O2/c1-4-19(17-9-8-10-18(15-17)24-3)20(21-16(2)23)11-14-22-12-6-5-7-13-22/h8-10,15,19-20H,4-7,11-14H2,1-3H3,(H,21,23). The second-order valence-electron chi connectivity index (χ2n) is 6.79. The van der Waals surface area contributed by atoms with Crippen LogP contribution in [0.15, 0.2) is 24.3 Å². The van der Waals surface area contributed by atoms with Crippen LogP contribution in [0.2, 0.25) is 0 Å². The lowest BCUT2D eigenvalue weighted by molar-refractivity contribution is -0.119. The fourth-order valence-corrected chi connectivity index (χ4v) is 3.76. The van der Waals surface area contributed by atoms with Crippen molar-refractivity contribution in [2.75, 3.05) is 26.7 Å². The maximum absolute atomic E-state index is 11.7. The van der Waals surface area contributed by atoms with E-state index in [9.17, 15) is 4.79 Å². The summed E-state index contributed by atoms with van der Waals surface area (Å²) in [6.45, 7) is 7.27. The van der Waals surface area contributed by atoms with Crippen molar-refractivity contribution in [2.24, 2.45) is 0 Å². The summed E-state index contributed by atoms with van der Waals surface area (Å²) < 4.78 is 5.37. The molecular formula is C20H32N2O2. The van der Waals surface area contributed by atoms with Crippen LogP contribution in [0.1, 0.15) is 57.4 Å². The Balaban J connectivity index is 2.08. The molecule has 4 nitrogen and oxygen atoms in total. The predicted octanol–water partition coefficient (Wildman–Crippen LogP) is 3.57. The minimum Gasteiger partial charge on any atom is -0.497 e. The number of hydrogen-bond donors (Lipinski definition) is 1. The summed E-state index contributed by atoms with van der Waals surface area (Å²) in [5.41, 5.74) is 1.24. The zero-order chi connectivity index (χ0) is 17.4. The van der Waals surface area contributed by atoms with Crippen LogP contribution in [0.3, 0.4) is 0 Å². The van der Waals surface area contributed by atoms with Gasteiger partial charge < -0.3 is 15.0 Å². The van der Waals surface area contributed by atoms with Crippen LogP contribution in [0.5, 0.6) is 5.75 Å². The monoisotopic (exact) mass is 332 g/mol. The first-order valence-electron chi connectivity index (χ1n) is 9.27. The lowest BCUT2D eigenvalue weighted by Gasteiger charge is -2.32. The summed E-state index contributed by atoms with van der Waals surface area (Å²) in [6.07, 6.45) is 5.95. The number of hydrogen-bond acceptors (Lipinski definition) is 3. The molecule has 134 valence electrons. The second-order valence-corrected chi connectivity index (χ2v) is 6.79. The molecule has 1 aromatic carbocycles. The summed E-state index contributed by atoms with van der Waals surface area (Å²) >= 11 is 0. The Kier molecular flexibility index (Phi) is 7.57. The van der Waals surface area contributed by atoms with E-state index in [-0.39, 0.29) is 11.9 Å². The normalized spacial score (nSPS) is 18.0. The van der Waals surface area contributed by atoms with Crippen LogP contribution in [-0.4, -0.2) is 43.6 Å². The van der Waals surface area contributed by atoms with E-state index in [4.69, 9.17) is 4.74 Å². The topological polar surface area (TPSA) is 41.6 Å². The zero-order valence-electron chi connectivity index (χ0n) is 15.4. The molecule has 24 heavy (non-hydrogen) atoms. The molecular weight excluding hydrogens is 300 g/mol. The zero-order valence-corrected chi connectivity index (χ0v) is 15.4. The van der Waals surface area contributed by atoms with E-state index in [2.05, 4.69) is 29.3 Å². The van der Waals surface area contributed by atoms with E-state index in [1.165, 1.54) is 37.9 Å². The lowest BCUT2D eigenvalue weighted by atomic mass is 9.87. The van der Waals surface area contributed by atoms with Gasteiger partial charge in [0.15, 0.2) is 0 Å². The molecule has 1 aliphatic rings. The average molecular weight is 332 g/mol. The third kappa shape index (κ3) is 5.52. The Morgan fingerprint density at radius 2 is 2.04 bits per heavy atom. The first-order chi connectivity index (χ1) is 11.6. The first-order valence-corrected chi connectivity index (χ1v) is 9.27. The van der Waals surface area contributed by atoms with Gasteiger partial charge in [0.2, 0.25) is 5.91 Å². The number of carbonyl (C=O) groups excluding carboxylic acids is 1. The maximum Gasteiger partial charge on any atom is 0.217 e. The van der Waals surface area contributed by atoms with Crippen molar-refractivity contribution in [1.82, 2.24) is 10.2 Å². The van der Waals surface area contributed by atoms with Crippen LogP contribution in [0.4, 0.5) is 0 Å². The highest BCUT2D eigenvalue weighted by molar-refractivity contribution is 5.73. The number of carbonyl (C=O) groups is 1. The molecule has 0 saturated carbocycles. The SMILES string of the molecule is CCC(c1cccc(OC)c1)C(CCN1CCCCC1)NC(C)=O. The van der Waals surface area contributed by atoms with E-state index in [1.807, 2.05) is 12.1 Å². The number of amides is 1. The van der Waals surface area contributed by atoms with Gasteiger partial charge in [0, 0.05) is 25.4 Å². The van der Waals surface area contributed by atoms with Crippen molar-refractivity contribution in [3.63, 3.8) is 0 Å². The fraction of sp³-hybridized carbons (Fsp3) is 0.650. The number of likely N-dealkylation sites (tertiary alicyclic amines) is 1. The highest BCUT2D eigenvalue weighted by Gasteiger charge is 2.24. The number of methoxy groups -OCH3 is 1. The quantitative estimate of drug-likeness (QED) is 0.791. The smallest absolute Gasteiger partial charge is 0.217 e. The molecule has 2 unspecified atom stereocenters.